The first kappa shape index (κ1) is 14.2. The van der Waals surface area contributed by atoms with E-state index in [2.05, 4.69) is 31.9 Å². The van der Waals surface area contributed by atoms with Crippen molar-refractivity contribution in [2.24, 2.45) is 4.99 Å². The van der Waals surface area contributed by atoms with E-state index in [9.17, 15) is 8.42 Å². The molecule has 8 heteroatoms. The van der Waals surface area contributed by atoms with Crippen molar-refractivity contribution >= 4 is 27.4 Å². The molecular formula is C13H19N5O2S. The van der Waals surface area contributed by atoms with Crippen LogP contribution in [0.25, 0.3) is 0 Å². The molecule has 2 aliphatic heterocycles. The number of fused-ring (bicyclic) bond motifs is 1. The molecule has 0 saturated carbocycles. The molecule has 7 nitrogen and oxygen atoms in total. The third-order valence-electron chi connectivity index (χ3n) is 3.83. The number of aliphatic imine (C=N–C) groups is 1. The van der Waals surface area contributed by atoms with Gasteiger partial charge in [-0.2, -0.15) is 0 Å². The van der Waals surface area contributed by atoms with Crippen LogP contribution in [0.3, 0.4) is 0 Å². The summed E-state index contributed by atoms with van der Waals surface area (Å²) in [6.45, 7) is 3.76. The number of nitrogens with zero attached hydrogens (tertiary/aromatic N) is 3. The van der Waals surface area contributed by atoms with E-state index in [4.69, 9.17) is 0 Å². The molecule has 1 saturated heterocycles. The average molecular weight is 309 g/mol. The van der Waals surface area contributed by atoms with Gasteiger partial charge in [-0.3, -0.25) is 4.99 Å². The van der Waals surface area contributed by atoms with Crippen LogP contribution in [0, 0.1) is 0 Å². The van der Waals surface area contributed by atoms with E-state index in [1.807, 2.05) is 6.07 Å². The van der Waals surface area contributed by atoms with Gasteiger partial charge in [0.15, 0.2) is 0 Å². The molecule has 0 unspecified atom stereocenters. The third kappa shape index (κ3) is 2.68. The lowest BCUT2D eigenvalue weighted by Gasteiger charge is -2.34. The first-order valence-electron chi connectivity index (χ1n) is 6.84. The summed E-state index contributed by atoms with van der Waals surface area (Å²) in [6, 6.07) is 5.47. The number of hydrogen-bond acceptors (Lipinski definition) is 5. The number of likely N-dealkylation sites (N-methyl/N-ethyl adjacent to an activating group) is 1. The minimum Gasteiger partial charge on any atom is -0.369 e. The summed E-state index contributed by atoms with van der Waals surface area (Å²) in [6.07, 6.45) is 0. The fraction of sp³-hybridized carbons (Fsp3) is 0.462. The van der Waals surface area contributed by atoms with Gasteiger partial charge < -0.3 is 15.1 Å². The van der Waals surface area contributed by atoms with Crippen LogP contribution in [-0.4, -0.2) is 59.6 Å². The summed E-state index contributed by atoms with van der Waals surface area (Å²) in [5.74, 6) is 0.245. The number of guanidine groups is 1. The molecule has 0 bridgehead atoms. The Morgan fingerprint density at radius 1 is 1.19 bits per heavy atom. The first-order chi connectivity index (χ1) is 9.99. The number of piperazine rings is 1. The standard InChI is InChI=1S/C13H19N5O2S/c1-14-13-15-11-4-3-10(9-12(11)21(19,20)16-13)18-7-5-17(2)6-8-18/h3-4,9H,5-8H2,1-2H3,(H2,14,15,16). The van der Waals surface area contributed by atoms with Crippen LogP contribution in [0.4, 0.5) is 11.4 Å². The smallest absolute Gasteiger partial charge is 0.266 e. The van der Waals surface area contributed by atoms with Gasteiger partial charge in [-0.1, -0.05) is 0 Å². The van der Waals surface area contributed by atoms with Crippen molar-refractivity contribution in [3.8, 4) is 0 Å². The van der Waals surface area contributed by atoms with Gasteiger partial charge in [-0.25, -0.2) is 13.1 Å². The average Bonchev–Trinajstić information content (AvgIpc) is 2.47. The first-order valence-corrected chi connectivity index (χ1v) is 8.32. The Bertz CT molecular complexity index is 678. The lowest BCUT2D eigenvalue weighted by molar-refractivity contribution is 0.313. The Morgan fingerprint density at radius 2 is 1.90 bits per heavy atom. The van der Waals surface area contributed by atoms with E-state index in [-0.39, 0.29) is 10.9 Å². The molecule has 114 valence electrons. The van der Waals surface area contributed by atoms with Crippen LogP contribution in [-0.2, 0) is 10.0 Å². The Labute approximate surface area is 124 Å². The zero-order valence-electron chi connectivity index (χ0n) is 12.1. The highest BCUT2D eigenvalue weighted by Gasteiger charge is 2.27. The lowest BCUT2D eigenvalue weighted by atomic mass is 10.2. The van der Waals surface area contributed by atoms with E-state index in [1.165, 1.54) is 7.05 Å². The molecule has 1 fully saturated rings. The molecule has 0 amide bonds. The number of hydrogen-bond donors (Lipinski definition) is 2. The molecule has 0 radical (unpaired) electrons. The monoisotopic (exact) mass is 309 g/mol. The van der Waals surface area contributed by atoms with Gasteiger partial charge >= 0.3 is 0 Å². The summed E-state index contributed by atoms with van der Waals surface area (Å²) in [5.41, 5.74) is 1.50. The molecule has 0 aromatic heterocycles. The lowest BCUT2D eigenvalue weighted by Crippen LogP contribution is -2.45. The van der Waals surface area contributed by atoms with E-state index < -0.39 is 10.0 Å². The van der Waals surface area contributed by atoms with E-state index in [1.54, 1.807) is 12.1 Å². The van der Waals surface area contributed by atoms with Crippen LogP contribution >= 0.6 is 0 Å². The summed E-state index contributed by atoms with van der Waals surface area (Å²) in [5, 5.41) is 2.97. The fourth-order valence-electron chi connectivity index (χ4n) is 2.53. The Hall–Kier alpha value is -1.80. The molecule has 21 heavy (non-hydrogen) atoms. The predicted molar refractivity (Wildman–Crippen MR) is 83.5 cm³/mol. The molecular weight excluding hydrogens is 290 g/mol. The summed E-state index contributed by atoms with van der Waals surface area (Å²) in [7, 11) is 0.0719. The number of sulfonamides is 1. The maximum Gasteiger partial charge on any atom is 0.266 e. The summed E-state index contributed by atoms with van der Waals surface area (Å²) >= 11 is 0. The zero-order valence-corrected chi connectivity index (χ0v) is 12.9. The minimum absolute atomic E-state index is 0.245. The van der Waals surface area contributed by atoms with Gasteiger partial charge in [0.1, 0.15) is 4.90 Å². The van der Waals surface area contributed by atoms with E-state index >= 15 is 0 Å². The van der Waals surface area contributed by atoms with Crippen molar-refractivity contribution < 1.29 is 8.42 Å². The molecule has 2 heterocycles. The predicted octanol–water partition coefficient (Wildman–Crippen LogP) is 0.128. The molecule has 2 aliphatic rings. The number of anilines is 2. The van der Waals surface area contributed by atoms with Gasteiger partial charge in [0.25, 0.3) is 10.0 Å². The van der Waals surface area contributed by atoms with Gasteiger partial charge in [0, 0.05) is 38.9 Å². The Morgan fingerprint density at radius 3 is 2.57 bits per heavy atom. The second-order valence-electron chi connectivity index (χ2n) is 5.27. The van der Waals surface area contributed by atoms with Crippen molar-refractivity contribution in [2.45, 2.75) is 4.90 Å². The minimum atomic E-state index is -3.56. The highest BCUT2D eigenvalue weighted by molar-refractivity contribution is 7.90. The molecule has 2 N–H and O–H groups in total. The van der Waals surface area contributed by atoms with Gasteiger partial charge in [0.2, 0.25) is 5.96 Å². The maximum atomic E-state index is 12.3. The second kappa shape index (κ2) is 5.19. The van der Waals surface area contributed by atoms with Crippen LogP contribution in [0.5, 0.6) is 0 Å². The third-order valence-corrected chi connectivity index (χ3v) is 5.21. The SMILES string of the molecule is CN=C1Nc2ccc(N3CCN(C)CC3)cc2S(=O)(=O)N1. The summed E-state index contributed by atoms with van der Waals surface area (Å²) < 4.78 is 27.0. The number of benzene rings is 1. The second-order valence-corrected chi connectivity index (χ2v) is 6.92. The molecule has 0 spiro atoms. The normalized spacial score (nSPS) is 23.3. The number of rotatable bonds is 1. The van der Waals surface area contributed by atoms with Crippen LogP contribution in [0.1, 0.15) is 0 Å². The summed E-state index contributed by atoms with van der Waals surface area (Å²) in [4.78, 5) is 8.60. The Kier molecular flexibility index (Phi) is 3.50. The van der Waals surface area contributed by atoms with E-state index in [0.29, 0.717) is 5.69 Å². The van der Waals surface area contributed by atoms with Crippen molar-refractivity contribution in [3.05, 3.63) is 18.2 Å². The highest BCUT2D eigenvalue weighted by atomic mass is 32.2. The van der Waals surface area contributed by atoms with Gasteiger partial charge in [-0.15, -0.1) is 0 Å². The van der Waals surface area contributed by atoms with Crippen LogP contribution in [0.2, 0.25) is 0 Å². The largest absolute Gasteiger partial charge is 0.369 e. The fourth-order valence-corrected chi connectivity index (χ4v) is 3.73. The molecule has 0 atom stereocenters. The van der Waals surface area contributed by atoms with Crippen molar-refractivity contribution in [3.63, 3.8) is 0 Å². The van der Waals surface area contributed by atoms with Crippen molar-refractivity contribution in [1.29, 1.82) is 0 Å². The quantitative estimate of drug-likeness (QED) is 0.771. The molecule has 0 aliphatic carbocycles. The zero-order chi connectivity index (χ0) is 15.0. The van der Waals surface area contributed by atoms with Crippen molar-refractivity contribution in [2.75, 3.05) is 50.5 Å². The highest BCUT2D eigenvalue weighted by Crippen LogP contribution is 2.29. The van der Waals surface area contributed by atoms with Gasteiger partial charge in [-0.05, 0) is 25.2 Å². The van der Waals surface area contributed by atoms with E-state index in [0.717, 1.165) is 31.9 Å². The van der Waals surface area contributed by atoms with Crippen LogP contribution < -0.4 is 14.9 Å². The number of nitrogens with one attached hydrogen (secondary N) is 2. The Balaban J connectivity index is 1.95. The molecule has 1 aromatic rings. The molecule has 1 aromatic carbocycles. The van der Waals surface area contributed by atoms with Gasteiger partial charge in [0.05, 0.1) is 5.69 Å². The molecule has 3 rings (SSSR count). The maximum absolute atomic E-state index is 12.3. The van der Waals surface area contributed by atoms with Crippen LogP contribution in [0.15, 0.2) is 28.1 Å². The topological polar surface area (TPSA) is 77.0 Å². The van der Waals surface area contributed by atoms with Crippen molar-refractivity contribution in [1.82, 2.24) is 9.62 Å².